The van der Waals surface area contributed by atoms with E-state index in [0.29, 0.717) is 11.2 Å². The second-order valence-electron chi connectivity index (χ2n) is 5.11. The van der Waals surface area contributed by atoms with Crippen LogP contribution in [0.2, 0.25) is 0 Å². The van der Waals surface area contributed by atoms with Gasteiger partial charge in [0.05, 0.1) is 6.04 Å². The Hall–Kier alpha value is -1.37. The van der Waals surface area contributed by atoms with Crippen LogP contribution in [0.3, 0.4) is 0 Å². The fraction of sp³-hybridized carbons (Fsp3) is 0.750. The number of hydrogen-bond acceptors (Lipinski definition) is 6. The molecule has 1 saturated heterocycles. The van der Waals surface area contributed by atoms with Crippen molar-refractivity contribution in [2.24, 2.45) is 0 Å². The molecule has 1 amide bonds. The van der Waals surface area contributed by atoms with E-state index in [9.17, 15) is 4.79 Å². The summed E-state index contributed by atoms with van der Waals surface area (Å²) in [6.45, 7) is 0.736. The SMILES string of the molecule is Nc1nnc(CCCN2C(=O)OC3CCCCC32)s1. The number of hydrogen-bond donors (Lipinski definition) is 1. The number of anilines is 1. The van der Waals surface area contributed by atoms with Crippen LogP contribution in [-0.4, -0.2) is 39.9 Å². The molecule has 3 rings (SSSR count). The predicted octanol–water partition coefficient (Wildman–Crippen LogP) is 1.82. The van der Waals surface area contributed by atoms with Crippen LogP contribution >= 0.6 is 11.3 Å². The van der Waals surface area contributed by atoms with Gasteiger partial charge in [0, 0.05) is 13.0 Å². The summed E-state index contributed by atoms with van der Waals surface area (Å²) in [4.78, 5) is 13.7. The van der Waals surface area contributed by atoms with Gasteiger partial charge in [-0.25, -0.2) is 4.79 Å². The molecule has 7 heteroatoms. The summed E-state index contributed by atoms with van der Waals surface area (Å²) >= 11 is 1.41. The van der Waals surface area contributed by atoms with E-state index in [1.807, 2.05) is 4.90 Å². The van der Waals surface area contributed by atoms with Crippen LogP contribution in [0.15, 0.2) is 0 Å². The summed E-state index contributed by atoms with van der Waals surface area (Å²) in [5, 5.41) is 9.22. The zero-order valence-electron chi connectivity index (χ0n) is 10.7. The van der Waals surface area contributed by atoms with Crippen molar-refractivity contribution >= 4 is 22.6 Å². The van der Waals surface area contributed by atoms with Crippen molar-refractivity contribution in [1.82, 2.24) is 15.1 Å². The molecule has 1 aliphatic heterocycles. The highest BCUT2D eigenvalue weighted by molar-refractivity contribution is 7.15. The highest BCUT2D eigenvalue weighted by atomic mass is 32.1. The Morgan fingerprint density at radius 2 is 2.21 bits per heavy atom. The Kier molecular flexibility index (Phi) is 3.54. The van der Waals surface area contributed by atoms with Gasteiger partial charge in [0.15, 0.2) is 0 Å². The molecule has 104 valence electrons. The lowest BCUT2D eigenvalue weighted by atomic mass is 9.92. The monoisotopic (exact) mass is 282 g/mol. The van der Waals surface area contributed by atoms with Gasteiger partial charge < -0.3 is 15.4 Å². The summed E-state index contributed by atoms with van der Waals surface area (Å²) in [6, 6.07) is 0.292. The van der Waals surface area contributed by atoms with Crippen molar-refractivity contribution < 1.29 is 9.53 Å². The van der Waals surface area contributed by atoms with Gasteiger partial charge in [-0.05, 0) is 25.7 Å². The van der Waals surface area contributed by atoms with Gasteiger partial charge in [-0.2, -0.15) is 0 Å². The quantitative estimate of drug-likeness (QED) is 0.911. The fourth-order valence-electron chi connectivity index (χ4n) is 2.93. The highest BCUT2D eigenvalue weighted by Crippen LogP contribution is 2.31. The third-order valence-corrected chi connectivity index (χ3v) is 4.64. The van der Waals surface area contributed by atoms with Gasteiger partial charge in [-0.15, -0.1) is 10.2 Å². The summed E-state index contributed by atoms with van der Waals surface area (Å²) in [6.07, 6.45) is 6.13. The molecular weight excluding hydrogens is 264 g/mol. The Labute approximate surface area is 115 Å². The van der Waals surface area contributed by atoms with E-state index < -0.39 is 0 Å². The number of ether oxygens (including phenoxy) is 1. The van der Waals surface area contributed by atoms with Crippen molar-refractivity contribution in [3.8, 4) is 0 Å². The number of aryl methyl sites for hydroxylation is 1. The number of amides is 1. The van der Waals surface area contributed by atoms with Crippen LogP contribution in [0.25, 0.3) is 0 Å². The predicted molar refractivity (Wildman–Crippen MR) is 71.9 cm³/mol. The number of nitrogens with two attached hydrogens (primary N) is 1. The average Bonchev–Trinajstić information content (AvgIpc) is 2.94. The van der Waals surface area contributed by atoms with Crippen molar-refractivity contribution in [3.05, 3.63) is 5.01 Å². The number of carbonyl (C=O) groups is 1. The summed E-state index contributed by atoms with van der Waals surface area (Å²) in [5.41, 5.74) is 5.54. The molecule has 2 fully saturated rings. The third kappa shape index (κ3) is 2.65. The van der Waals surface area contributed by atoms with E-state index >= 15 is 0 Å². The van der Waals surface area contributed by atoms with Crippen molar-refractivity contribution in [2.75, 3.05) is 12.3 Å². The van der Waals surface area contributed by atoms with E-state index in [-0.39, 0.29) is 12.2 Å². The molecule has 0 aromatic carbocycles. The van der Waals surface area contributed by atoms with E-state index in [1.54, 1.807) is 0 Å². The molecule has 1 aliphatic carbocycles. The van der Waals surface area contributed by atoms with Gasteiger partial charge in [0.2, 0.25) is 5.13 Å². The van der Waals surface area contributed by atoms with Crippen LogP contribution in [0, 0.1) is 0 Å². The molecule has 2 unspecified atom stereocenters. The number of nitrogens with zero attached hydrogens (tertiary/aromatic N) is 3. The van der Waals surface area contributed by atoms with Crippen molar-refractivity contribution in [1.29, 1.82) is 0 Å². The minimum Gasteiger partial charge on any atom is -0.444 e. The Morgan fingerprint density at radius 1 is 1.37 bits per heavy atom. The molecule has 2 aliphatic rings. The molecule has 0 radical (unpaired) electrons. The number of carbonyl (C=O) groups excluding carboxylic acids is 1. The first-order valence-corrected chi connectivity index (χ1v) is 7.61. The second-order valence-corrected chi connectivity index (χ2v) is 6.20. The molecule has 0 bridgehead atoms. The molecule has 19 heavy (non-hydrogen) atoms. The topological polar surface area (TPSA) is 81.3 Å². The van der Waals surface area contributed by atoms with E-state index in [0.717, 1.165) is 37.2 Å². The maximum Gasteiger partial charge on any atom is 0.410 e. The molecule has 1 aromatic rings. The Morgan fingerprint density at radius 3 is 3.00 bits per heavy atom. The van der Waals surface area contributed by atoms with Crippen LogP contribution in [-0.2, 0) is 11.2 Å². The van der Waals surface area contributed by atoms with Crippen LogP contribution < -0.4 is 5.73 Å². The zero-order valence-corrected chi connectivity index (χ0v) is 11.6. The Balaban J connectivity index is 1.53. The molecule has 2 atom stereocenters. The first kappa shape index (κ1) is 12.7. The molecule has 2 heterocycles. The number of aromatic nitrogens is 2. The largest absolute Gasteiger partial charge is 0.444 e. The maximum absolute atomic E-state index is 11.8. The lowest BCUT2D eigenvalue weighted by Gasteiger charge is -2.27. The van der Waals surface area contributed by atoms with E-state index in [4.69, 9.17) is 10.5 Å². The first-order valence-electron chi connectivity index (χ1n) is 6.79. The van der Waals surface area contributed by atoms with E-state index in [2.05, 4.69) is 10.2 Å². The standard InChI is InChI=1S/C12H18N4O2S/c13-11-15-14-10(19-11)6-3-7-16-8-4-1-2-5-9(8)18-12(16)17/h8-9H,1-7H2,(H2,13,15). The number of nitrogen functional groups attached to an aromatic ring is 1. The van der Waals surface area contributed by atoms with Crippen LogP contribution in [0.5, 0.6) is 0 Å². The van der Waals surface area contributed by atoms with Crippen molar-refractivity contribution in [2.45, 2.75) is 50.7 Å². The molecule has 1 aromatic heterocycles. The summed E-state index contributed by atoms with van der Waals surface area (Å²) < 4.78 is 5.43. The summed E-state index contributed by atoms with van der Waals surface area (Å²) in [7, 11) is 0. The smallest absolute Gasteiger partial charge is 0.410 e. The van der Waals surface area contributed by atoms with Gasteiger partial charge in [0.1, 0.15) is 11.1 Å². The lowest BCUT2D eigenvalue weighted by Crippen LogP contribution is -2.39. The molecule has 6 nitrogen and oxygen atoms in total. The zero-order chi connectivity index (χ0) is 13.2. The lowest BCUT2D eigenvalue weighted by molar-refractivity contribution is 0.113. The van der Waals surface area contributed by atoms with Gasteiger partial charge >= 0.3 is 6.09 Å². The van der Waals surface area contributed by atoms with Gasteiger partial charge in [-0.3, -0.25) is 0 Å². The minimum atomic E-state index is -0.145. The van der Waals surface area contributed by atoms with Crippen molar-refractivity contribution in [3.63, 3.8) is 0 Å². The normalized spacial score (nSPS) is 26.3. The van der Waals surface area contributed by atoms with Crippen LogP contribution in [0.4, 0.5) is 9.93 Å². The highest BCUT2D eigenvalue weighted by Gasteiger charge is 2.42. The van der Waals surface area contributed by atoms with Gasteiger partial charge in [0.25, 0.3) is 0 Å². The molecule has 0 spiro atoms. The third-order valence-electron chi connectivity index (χ3n) is 3.83. The molecule has 2 N–H and O–H groups in total. The fourth-order valence-corrected chi connectivity index (χ4v) is 3.58. The average molecular weight is 282 g/mol. The molecule has 1 saturated carbocycles. The Bertz CT molecular complexity index is 464. The van der Waals surface area contributed by atoms with E-state index in [1.165, 1.54) is 24.2 Å². The number of fused-ring (bicyclic) bond motifs is 1. The minimum absolute atomic E-state index is 0.124. The maximum atomic E-state index is 11.8. The second kappa shape index (κ2) is 5.32. The summed E-state index contributed by atoms with van der Waals surface area (Å²) in [5.74, 6) is 0. The first-order chi connectivity index (χ1) is 9.24. The van der Waals surface area contributed by atoms with Crippen LogP contribution in [0.1, 0.15) is 37.1 Å². The number of rotatable bonds is 4. The van der Waals surface area contributed by atoms with Gasteiger partial charge in [-0.1, -0.05) is 17.8 Å². The molecular formula is C12H18N4O2S.